The van der Waals surface area contributed by atoms with Gasteiger partial charge in [0.05, 0.1) is 24.2 Å². The maximum Gasteiger partial charge on any atom is 0.309 e. The summed E-state index contributed by atoms with van der Waals surface area (Å²) >= 11 is 5.66. The summed E-state index contributed by atoms with van der Waals surface area (Å²) in [6, 6.07) is 3.52. The average Bonchev–Trinajstić information content (AvgIpc) is 2.21. The van der Waals surface area contributed by atoms with Crippen LogP contribution in [-0.4, -0.2) is 18.1 Å². The minimum Gasteiger partial charge on any atom is -0.469 e. The highest BCUT2D eigenvalue weighted by Gasteiger charge is 1.94. The number of esters is 1. The zero-order valence-corrected chi connectivity index (χ0v) is 8.49. The molecule has 1 aromatic rings. The first-order valence-corrected chi connectivity index (χ1v) is 4.45. The normalized spacial score (nSPS) is 10.4. The zero-order chi connectivity index (χ0) is 10.4. The van der Waals surface area contributed by atoms with Crippen molar-refractivity contribution in [3.63, 3.8) is 0 Å². The SMILES string of the molecule is COC(=O)CC=Cc1ccc(Cl)cn1. The van der Waals surface area contributed by atoms with E-state index in [-0.39, 0.29) is 12.4 Å². The van der Waals surface area contributed by atoms with Crippen molar-refractivity contribution in [2.24, 2.45) is 0 Å². The molecule has 4 heteroatoms. The van der Waals surface area contributed by atoms with E-state index in [1.807, 2.05) is 0 Å². The Morgan fingerprint density at radius 3 is 3.00 bits per heavy atom. The van der Waals surface area contributed by atoms with Crippen molar-refractivity contribution < 1.29 is 9.53 Å². The van der Waals surface area contributed by atoms with E-state index in [0.717, 1.165) is 5.69 Å². The standard InChI is InChI=1S/C10H10ClNO2/c1-14-10(13)4-2-3-9-6-5-8(11)7-12-9/h2-3,5-7H,4H2,1H3. The van der Waals surface area contributed by atoms with Crippen molar-refractivity contribution in [1.29, 1.82) is 0 Å². The summed E-state index contributed by atoms with van der Waals surface area (Å²) in [4.78, 5) is 14.8. The molecule has 0 fully saturated rings. The molecule has 0 unspecified atom stereocenters. The number of halogens is 1. The van der Waals surface area contributed by atoms with Crippen LogP contribution in [0.2, 0.25) is 5.02 Å². The topological polar surface area (TPSA) is 39.2 Å². The first-order chi connectivity index (χ1) is 6.72. The van der Waals surface area contributed by atoms with Crippen LogP contribution in [0.5, 0.6) is 0 Å². The first kappa shape index (κ1) is 10.7. The van der Waals surface area contributed by atoms with Gasteiger partial charge in [-0.25, -0.2) is 0 Å². The molecule has 0 spiro atoms. The third-order valence-electron chi connectivity index (χ3n) is 1.55. The zero-order valence-electron chi connectivity index (χ0n) is 7.74. The van der Waals surface area contributed by atoms with Gasteiger partial charge in [0, 0.05) is 6.20 Å². The number of methoxy groups -OCH3 is 1. The Morgan fingerprint density at radius 2 is 2.43 bits per heavy atom. The van der Waals surface area contributed by atoms with Crippen molar-refractivity contribution in [1.82, 2.24) is 4.98 Å². The maximum absolute atomic E-state index is 10.7. The molecule has 0 atom stereocenters. The average molecular weight is 212 g/mol. The van der Waals surface area contributed by atoms with Crippen molar-refractivity contribution in [2.75, 3.05) is 7.11 Å². The second-order valence-corrected chi connectivity index (χ2v) is 3.02. The maximum atomic E-state index is 10.7. The lowest BCUT2D eigenvalue weighted by Gasteiger charge is -1.93. The van der Waals surface area contributed by atoms with Gasteiger partial charge in [-0.15, -0.1) is 0 Å². The van der Waals surface area contributed by atoms with E-state index in [1.165, 1.54) is 7.11 Å². The molecule has 0 aliphatic carbocycles. The lowest BCUT2D eigenvalue weighted by atomic mass is 10.3. The number of carbonyl (C=O) groups is 1. The van der Waals surface area contributed by atoms with Crippen molar-refractivity contribution in [3.8, 4) is 0 Å². The molecule has 0 aromatic carbocycles. The fourth-order valence-corrected chi connectivity index (χ4v) is 0.957. The number of hydrogen-bond donors (Lipinski definition) is 0. The van der Waals surface area contributed by atoms with Crippen LogP contribution in [-0.2, 0) is 9.53 Å². The predicted molar refractivity (Wildman–Crippen MR) is 54.9 cm³/mol. The lowest BCUT2D eigenvalue weighted by molar-refractivity contribution is -0.139. The largest absolute Gasteiger partial charge is 0.469 e. The minimum atomic E-state index is -0.268. The molecule has 74 valence electrons. The molecule has 1 aromatic heterocycles. The number of ether oxygens (including phenoxy) is 1. The third-order valence-corrected chi connectivity index (χ3v) is 1.77. The van der Waals surface area contributed by atoms with E-state index in [1.54, 1.807) is 30.5 Å². The molecule has 1 heterocycles. The van der Waals surface area contributed by atoms with Crippen LogP contribution in [0.25, 0.3) is 6.08 Å². The molecular formula is C10H10ClNO2. The Bertz CT molecular complexity index is 332. The number of carbonyl (C=O) groups excluding carboxylic acids is 1. The quantitative estimate of drug-likeness (QED) is 0.721. The van der Waals surface area contributed by atoms with Crippen LogP contribution in [0.15, 0.2) is 24.4 Å². The van der Waals surface area contributed by atoms with Gasteiger partial charge in [0.15, 0.2) is 0 Å². The molecule has 0 saturated carbocycles. The van der Waals surface area contributed by atoms with Crippen molar-refractivity contribution in [3.05, 3.63) is 35.1 Å². The van der Waals surface area contributed by atoms with Gasteiger partial charge in [0.1, 0.15) is 0 Å². The summed E-state index contributed by atoms with van der Waals surface area (Å²) in [5.74, 6) is -0.268. The van der Waals surface area contributed by atoms with E-state index >= 15 is 0 Å². The lowest BCUT2D eigenvalue weighted by Crippen LogP contribution is -1.96. The molecule has 0 radical (unpaired) electrons. The summed E-state index contributed by atoms with van der Waals surface area (Å²) in [6.07, 6.45) is 5.25. The molecule has 0 N–H and O–H groups in total. The molecule has 1 rings (SSSR count). The van der Waals surface area contributed by atoms with Gasteiger partial charge in [-0.1, -0.05) is 17.7 Å². The molecule has 0 saturated heterocycles. The van der Waals surface area contributed by atoms with Gasteiger partial charge in [-0.05, 0) is 18.2 Å². The summed E-state index contributed by atoms with van der Waals surface area (Å²) < 4.78 is 4.48. The van der Waals surface area contributed by atoms with E-state index in [0.29, 0.717) is 5.02 Å². The third kappa shape index (κ3) is 3.58. The van der Waals surface area contributed by atoms with Crippen LogP contribution < -0.4 is 0 Å². The van der Waals surface area contributed by atoms with Gasteiger partial charge < -0.3 is 4.74 Å². The van der Waals surface area contributed by atoms with Gasteiger partial charge in [-0.3, -0.25) is 9.78 Å². The fraction of sp³-hybridized carbons (Fsp3) is 0.200. The molecular weight excluding hydrogens is 202 g/mol. The molecule has 0 aliphatic rings. The smallest absolute Gasteiger partial charge is 0.309 e. The van der Waals surface area contributed by atoms with Crippen LogP contribution >= 0.6 is 11.6 Å². The van der Waals surface area contributed by atoms with E-state index in [2.05, 4.69) is 9.72 Å². The summed E-state index contributed by atoms with van der Waals surface area (Å²) in [6.45, 7) is 0. The van der Waals surface area contributed by atoms with Crippen LogP contribution in [0, 0.1) is 0 Å². The summed E-state index contributed by atoms with van der Waals surface area (Å²) in [5.41, 5.74) is 0.762. The first-order valence-electron chi connectivity index (χ1n) is 4.07. The van der Waals surface area contributed by atoms with E-state index in [9.17, 15) is 4.79 Å². The number of pyridine rings is 1. The summed E-state index contributed by atoms with van der Waals surface area (Å²) in [5, 5.41) is 0.593. The predicted octanol–water partition coefficient (Wildman–Crippen LogP) is 2.31. The van der Waals surface area contributed by atoms with Crippen molar-refractivity contribution in [2.45, 2.75) is 6.42 Å². The number of hydrogen-bond acceptors (Lipinski definition) is 3. The van der Waals surface area contributed by atoms with Crippen molar-refractivity contribution >= 4 is 23.6 Å². The Balaban J connectivity index is 2.52. The molecule has 0 amide bonds. The van der Waals surface area contributed by atoms with Gasteiger partial charge in [0.2, 0.25) is 0 Å². The molecule has 0 aliphatic heterocycles. The highest BCUT2D eigenvalue weighted by Crippen LogP contribution is 2.07. The molecule has 0 bridgehead atoms. The van der Waals surface area contributed by atoms with E-state index < -0.39 is 0 Å². The Kier molecular flexibility index (Phi) is 4.13. The minimum absolute atomic E-state index is 0.251. The van der Waals surface area contributed by atoms with Crippen LogP contribution in [0.4, 0.5) is 0 Å². The number of rotatable bonds is 3. The molecule has 14 heavy (non-hydrogen) atoms. The van der Waals surface area contributed by atoms with Gasteiger partial charge >= 0.3 is 5.97 Å². The number of aromatic nitrogens is 1. The Labute approximate surface area is 87.4 Å². The van der Waals surface area contributed by atoms with Gasteiger partial charge in [0.25, 0.3) is 0 Å². The Hall–Kier alpha value is -1.35. The van der Waals surface area contributed by atoms with Crippen LogP contribution in [0.1, 0.15) is 12.1 Å². The van der Waals surface area contributed by atoms with Gasteiger partial charge in [-0.2, -0.15) is 0 Å². The highest BCUT2D eigenvalue weighted by atomic mass is 35.5. The monoisotopic (exact) mass is 211 g/mol. The molecule has 3 nitrogen and oxygen atoms in total. The van der Waals surface area contributed by atoms with Crippen LogP contribution in [0.3, 0.4) is 0 Å². The van der Waals surface area contributed by atoms with E-state index in [4.69, 9.17) is 11.6 Å². The highest BCUT2D eigenvalue weighted by molar-refractivity contribution is 6.30. The second kappa shape index (κ2) is 5.40. The number of nitrogens with zero attached hydrogens (tertiary/aromatic N) is 1. The second-order valence-electron chi connectivity index (χ2n) is 2.58. The summed E-state index contributed by atoms with van der Waals surface area (Å²) in [7, 11) is 1.36. The Morgan fingerprint density at radius 1 is 1.64 bits per heavy atom. The fourth-order valence-electron chi connectivity index (χ4n) is 0.845.